The molecule has 0 bridgehead atoms. The van der Waals surface area contributed by atoms with E-state index in [-0.39, 0.29) is 0 Å². The zero-order valence-electron chi connectivity index (χ0n) is 15.0. The molecule has 0 rings (SSSR count). The Morgan fingerprint density at radius 2 is 1.09 bits per heavy atom. The lowest BCUT2D eigenvalue weighted by atomic mass is 10.1. The van der Waals surface area contributed by atoms with E-state index in [1.54, 1.807) is 0 Å². The fourth-order valence-electron chi connectivity index (χ4n) is 2.20. The molecule has 0 aliphatic heterocycles. The third-order valence-corrected chi connectivity index (χ3v) is 3.61. The first-order valence-electron chi connectivity index (χ1n) is 9.36. The maximum atomic E-state index is 10.0. The average molecular weight is 316 g/mol. The van der Waals surface area contributed by atoms with Crippen molar-refractivity contribution in [2.75, 3.05) is 0 Å². The van der Waals surface area contributed by atoms with Gasteiger partial charge >= 0.3 is 0 Å². The molecule has 0 aliphatic rings. The van der Waals surface area contributed by atoms with Crippen molar-refractivity contribution in [3.63, 3.8) is 0 Å². The van der Waals surface area contributed by atoms with Gasteiger partial charge in [-0.1, -0.05) is 74.8 Å². The molecule has 129 valence electrons. The van der Waals surface area contributed by atoms with Gasteiger partial charge in [0.2, 0.25) is 0 Å². The summed E-state index contributed by atoms with van der Waals surface area (Å²) in [6, 6.07) is 0. The van der Waals surface area contributed by atoms with Crippen LogP contribution >= 0.6 is 0 Å². The lowest BCUT2D eigenvalue weighted by Crippen LogP contribution is -1.77. The van der Waals surface area contributed by atoms with Gasteiger partial charge in [0.15, 0.2) is 6.29 Å². The fourth-order valence-corrected chi connectivity index (χ4v) is 2.20. The van der Waals surface area contributed by atoms with Crippen molar-refractivity contribution in [3.05, 3.63) is 48.6 Å². The van der Waals surface area contributed by atoms with Crippen molar-refractivity contribution in [1.29, 1.82) is 0 Å². The second kappa shape index (κ2) is 20.6. The predicted molar refractivity (Wildman–Crippen MR) is 103 cm³/mol. The van der Waals surface area contributed by atoms with E-state index >= 15 is 0 Å². The molecule has 23 heavy (non-hydrogen) atoms. The van der Waals surface area contributed by atoms with E-state index in [2.05, 4.69) is 55.5 Å². The molecule has 0 unspecified atom stereocenters. The monoisotopic (exact) mass is 315 g/mol. The van der Waals surface area contributed by atoms with Crippen LogP contribution in [0.2, 0.25) is 0 Å². The maximum Gasteiger partial charge on any atom is 0.198 e. The highest BCUT2D eigenvalue weighted by Gasteiger charge is 1.86. The Labute approximate surface area is 144 Å². The summed E-state index contributed by atoms with van der Waals surface area (Å²) in [7, 11) is 0. The van der Waals surface area contributed by atoms with Gasteiger partial charge in [-0.25, -0.2) is 0 Å². The van der Waals surface area contributed by atoms with Crippen molar-refractivity contribution >= 4 is 6.29 Å². The first-order valence-corrected chi connectivity index (χ1v) is 9.36. The van der Waals surface area contributed by atoms with E-state index < -0.39 is 0 Å². The van der Waals surface area contributed by atoms with Crippen molar-refractivity contribution in [2.45, 2.75) is 84.0 Å². The third kappa shape index (κ3) is 20.6. The van der Waals surface area contributed by atoms with Gasteiger partial charge in [-0.3, -0.25) is 4.79 Å². The molecule has 0 aromatic carbocycles. The lowest BCUT2D eigenvalue weighted by Gasteiger charge is -1.92. The van der Waals surface area contributed by atoms with Gasteiger partial charge in [-0.05, 0) is 51.4 Å². The molecule has 0 N–H and O–H groups in total. The highest BCUT2D eigenvalue weighted by atomic mass is 16.1. The van der Waals surface area contributed by atoms with Gasteiger partial charge in [0.1, 0.15) is 0 Å². The van der Waals surface area contributed by atoms with Crippen LogP contribution in [0.3, 0.4) is 0 Å². The molecule has 0 aliphatic carbocycles. The molecule has 1 heteroatoms. The minimum atomic E-state index is 0.592. The SMILES string of the molecule is CCCCCC=CCC=CCC=CCC=CCCCCC[C]=O. The molecule has 1 nitrogen and oxygen atoms in total. The zero-order valence-corrected chi connectivity index (χ0v) is 15.0. The molecule has 0 heterocycles. The van der Waals surface area contributed by atoms with Crippen LogP contribution in [0.15, 0.2) is 48.6 Å². The lowest BCUT2D eigenvalue weighted by molar-refractivity contribution is 0.545. The number of carbonyl (C=O) groups excluding carboxylic acids is 1. The molecule has 0 atom stereocenters. The van der Waals surface area contributed by atoms with Gasteiger partial charge in [0, 0.05) is 6.42 Å². The van der Waals surface area contributed by atoms with Crippen LogP contribution < -0.4 is 0 Å². The molecular weight excluding hydrogens is 280 g/mol. The van der Waals surface area contributed by atoms with Gasteiger partial charge in [0.25, 0.3) is 0 Å². The summed E-state index contributed by atoms with van der Waals surface area (Å²) in [5, 5.41) is 0. The number of hydrogen-bond acceptors (Lipinski definition) is 1. The minimum absolute atomic E-state index is 0.592. The second-order valence-corrected chi connectivity index (χ2v) is 5.83. The Morgan fingerprint density at radius 1 is 0.609 bits per heavy atom. The molecule has 0 aromatic heterocycles. The van der Waals surface area contributed by atoms with Crippen LogP contribution in [0.5, 0.6) is 0 Å². The predicted octanol–water partition coefficient (Wildman–Crippen LogP) is 7.02. The summed E-state index contributed by atoms with van der Waals surface area (Å²) >= 11 is 0. The van der Waals surface area contributed by atoms with Crippen molar-refractivity contribution in [1.82, 2.24) is 0 Å². The average Bonchev–Trinajstić information content (AvgIpc) is 2.57. The molecule has 0 spiro atoms. The normalized spacial score (nSPS) is 12.4. The van der Waals surface area contributed by atoms with Gasteiger partial charge in [-0.2, -0.15) is 0 Å². The van der Waals surface area contributed by atoms with E-state index in [1.165, 1.54) is 32.1 Å². The number of hydrogen-bond donors (Lipinski definition) is 0. The van der Waals surface area contributed by atoms with E-state index in [0.29, 0.717) is 6.42 Å². The quantitative estimate of drug-likeness (QED) is 0.221. The standard InChI is InChI=1S/C22H35O/c1-2-3-4-5-6-7-8-9-10-11-12-13-14-15-16-17-18-19-20-21-22-23/h6-7,9-10,12-13,15-16H,2-5,8,11,14,17-21H2,1H3. The highest BCUT2D eigenvalue weighted by Crippen LogP contribution is 2.03. The van der Waals surface area contributed by atoms with Gasteiger partial charge in [-0.15, -0.1) is 0 Å². The van der Waals surface area contributed by atoms with Crippen LogP contribution in [-0.4, -0.2) is 6.29 Å². The zero-order chi connectivity index (χ0) is 16.8. The first kappa shape index (κ1) is 21.6. The molecule has 1 radical (unpaired) electrons. The summed E-state index contributed by atoms with van der Waals surface area (Å²) in [6.45, 7) is 2.24. The number of rotatable bonds is 16. The highest BCUT2D eigenvalue weighted by molar-refractivity contribution is 5.50. The van der Waals surface area contributed by atoms with Crippen LogP contribution in [0, 0.1) is 0 Å². The van der Waals surface area contributed by atoms with Crippen molar-refractivity contribution in [2.24, 2.45) is 0 Å². The first-order chi connectivity index (χ1) is 11.4. The summed E-state index contributed by atoms with van der Waals surface area (Å²) in [6.07, 6.45) is 33.2. The second-order valence-electron chi connectivity index (χ2n) is 5.83. The Kier molecular flexibility index (Phi) is 19.4. The summed E-state index contributed by atoms with van der Waals surface area (Å²) in [5.41, 5.74) is 0. The molecular formula is C22H35O. The third-order valence-electron chi connectivity index (χ3n) is 3.61. The smallest absolute Gasteiger partial charge is 0.198 e. The van der Waals surface area contributed by atoms with E-state index in [1.807, 2.05) is 6.29 Å². The Bertz CT molecular complexity index is 347. The van der Waals surface area contributed by atoms with Crippen LogP contribution in [0.25, 0.3) is 0 Å². The summed E-state index contributed by atoms with van der Waals surface area (Å²) in [4.78, 5) is 10.0. The number of unbranched alkanes of at least 4 members (excludes halogenated alkanes) is 7. The largest absolute Gasteiger partial charge is 0.291 e. The van der Waals surface area contributed by atoms with Crippen LogP contribution in [0.4, 0.5) is 0 Å². The van der Waals surface area contributed by atoms with Gasteiger partial charge in [0.05, 0.1) is 0 Å². The topological polar surface area (TPSA) is 17.1 Å². The Morgan fingerprint density at radius 3 is 1.57 bits per heavy atom. The Balaban J connectivity index is 3.35. The summed E-state index contributed by atoms with van der Waals surface area (Å²) in [5.74, 6) is 0. The minimum Gasteiger partial charge on any atom is -0.291 e. The molecule has 0 amide bonds. The van der Waals surface area contributed by atoms with E-state index in [0.717, 1.165) is 38.5 Å². The molecule has 0 fully saturated rings. The van der Waals surface area contributed by atoms with Crippen molar-refractivity contribution < 1.29 is 4.79 Å². The van der Waals surface area contributed by atoms with E-state index in [9.17, 15) is 4.79 Å². The van der Waals surface area contributed by atoms with Crippen molar-refractivity contribution in [3.8, 4) is 0 Å². The fraction of sp³-hybridized carbons (Fsp3) is 0.591. The van der Waals surface area contributed by atoms with Crippen LogP contribution in [0.1, 0.15) is 84.0 Å². The molecule has 0 saturated carbocycles. The van der Waals surface area contributed by atoms with Gasteiger partial charge < -0.3 is 0 Å². The Hall–Kier alpha value is -1.37. The van der Waals surface area contributed by atoms with Crippen LogP contribution in [-0.2, 0) is 4.79 Å². The molecule has 0 saturated heterocycles. The van der Waals surface area contributed by atoms with E-state index in [4.69, 9.17) is 0 Å². The molecule has 0 aromatic rings. The summed E-state index contributed by atoms with van der Waals surface area (Å²) < 4.78 is 0. The number of allylic oxidation sites excluding steroid dienone is 8. The maximum absolute atomic E-state index is 10.0.